The molecular formula is C19H20ClN5O3S2. The van der Waals surface area contributed by atoms with Crippen molar-refractivity contribution in [2.75, 3.05) is 30.4 Å². The maximum Gasteiger partial charge on any atom is 0.269 e. The number of nitrogens with zero attached hydrogens (tertiary/aromatic N) is 3. The smallest absolute Gasteiger partial charge is 0.269 e. The average molecular weight is 466 g/mol. The van der Waals surface area contributed by atoms with Gasteiger partial charge >= 0.3 is 0 Å². The summed E-state index contributed by atoms with van der Waals surface area (Å²) in [6.07, 6.45) is 0.615. The first-order valence-corrected chi connectivity index (χ1v) is 11.7. The van der Waals surface area contributed by atoms with Gasteiger partial charge in [-0.05, 0) is 42.8 Å². The largest absolute Gasteiger partial charge is 0.375 e. The minimum absolute atomic E-state index is 0.0964. The van der Waals surface area contributed by atoms with Gasteiger partial charge in [-0.3, -0.25) is 10.1 Å². The van der Waals surface area contributed by atoms with E-state index in [0.29, 0.717) is 23.6 Å². The van der Waals surface area contributed by atoms with Gasteiger partial charge in [0.2, 0.25) is 9.47 Å². The summed E-state index contributed by atoms with van der Waals surface area (Å²) in [4.78, 5) is 14.2. The van der Waals surface area contributed by atoms with E-state index in [-0.39, 0.29) is 16.0 Å². The molecule has 0 aliphatic rings. The molecule has 3 aromatic rings. The predicted molar refractivity (Wildman–Crippen MR) is 119 cm³/mol. The first-order valence-electron chi connectivity index (χ1n) is 9.01. The van der Waals surface area contributed by atoms with Crippen LogP contribution < -0.4 is 14.9 Å². The van der Waals surface area contributed by atoms with E-state index in [9.17, 15) is 13.2 Å². The average Bonchev–Trinajstić information content (AvgIpc) is 3.21. The molecule has 2 aromatic carbocycles. The van der Waals surface area contributed by atoms with E-state index < -0.39 is 15.9 Å². The van der Waals surface area contributed by atoms with E-state index in [2.05, 4.69) is 20.2 Å². The lowest BCUT2D eigenvalue weighted by molar-refractivity contribution is 0.102. The van der Waals surface area contributed by atoms with E-state index in [1.807, 2.05) is 42.3 Å². The van der Waals surface area contributed by atoms with Crippen LogP contribution in [0, 0.1) is 0 Å². The number of rotatable bonds is 9. The molecule has 30 heavy (non-hydrogen) atoms. The quantitative estimate of drug-likeness (QED) is 0.371. The van der Waals surface area contributed by atoms with Crippen molar-refractivity contribution in [3.8, 4) is 0 Å². The van der Waals surface area contributed by atoms with Crippen molar-refractivity contribution in [1.29, 1.82) is 0 Å². The Morgan fingerprint density at radius 1 is 1.10 bits per heavy atom. The maximum atomic E-state index is 12.4. The number of hydrogen-bond donors (Lipinski definition) is 2. The van der Waals surface area contributed by atoms with Gasteiger partial charge in [-0.15, -0.1) is 10.2 Å². The van der Waals surface area contributed by atoms with E-state index in [1.165, 1.54) is 0 Å². The number of halogens is 1. The fourth-order valence-corrected chi connectivity index (χ4v) is 4.67. The highest BCUT2D eigenvalue weighted by molar-refractivity contribution is 7.91. The summed E-state index contributed by atoms with van der Waals surface area (Å²) in [7, 11) is -1.85. The number of anilines is 2. The molecule has 1 aromatic heterocycles. The fraction of sp³-hybridized carbons (Fsp3) is 0.211. The fourth-order valence-electron chi connectivity index (χ4n) is 2.54. The Kier molecular flexibility index (Phi) is 7.38. The van der Waals surface area contributed by atoms with Crippen LogP contribution in [0.4, 0.5) is 10.8 Å². The SMILES string of the molecule is CN(CCCNS(=O)(=O)c1nnc(NC(=O)c2ccc(Cl)cc2)s1)c1ccccc1. The number of hydrogen-bond acceptors (Lipinski definition) is 7. The molecule has 3 rings (SSSR count). The Labute approximate surface area is 184 Å². The van der Waals surface area contributed by atoms with Gasteiger partial charge in [0.25, 0.3) is 15.9 Å². The zero-order valence-electron chi connectivity index (χ0n) is 16.1. The molecule has 1 amide bonds. The number of aromatic nitrogens is 2. The summed E-state index contributed by atoms with van der Waals surface area (Å²) in [5.74, 6) is -0.427. The number of para-hydroxylation sites is 1. The molecule has 2 N–H and O–H groups in total. The lowest BCUT2D eigenvalue weighted by atomic mass is 10.2. The molecule has 0 bridgehead atoms. The zero-order chi connectivity index (χ0) is 21.6. The summed E-state index contributed by atoms with van der Waals surface area (Å²) in [6, 6.07) is 16.1. The van der Waals surface area contributed by atoms with E-state index >= 15 is 0 Å². The third-order valence-electron chi connectivity index (χ3n) is 4.12. The van der Waals surface area contributed by atoms with Crippen LogP contribution in [-0.2, 0) is 10.0 Å². The number of sulfonamides is 1. The van der Waals surface area contributed by atoms with Crippen LogP contribution in [0.3, 0.4) is 0 Å². The zero-order valence-corrected chi connectivity index (χ0v) is 18.5. The molecule has 158 valence electrons. The second-order valence-electron chi connectivity index (χ2n) is 6.34. The highest BCUT2D eigenvalue weighted by Crippen LogP contribution is 2.21. The second-order valence-corrected chi connectivity index (χ2v) is 9.70. The summed E-state index contributed by atoms with van der Waals surface area (Å²) in [6.45, 7) is 0.941. The first kappa shape index (κ1) is 22.2. The number of amides is 1. The predicted octanol–water partition coefficient (Wildman–Crippen LogP) is 3.25. The standard InChI is InChI=1S/C19H20ClN5O3S2/c1-25(16-6-3-2-4-7-16)13-5-12-21-30(27,28)19-24-23-18(29-19)22-17(26)14-8-10-15(20)11-9-14/h2-4,6-11,21H,5,12-13H2,1H3,(H,22,23,26). The molecule has 0 saturated carbocycles. The van der Waals surface area contributed by atoms with Crippen LogP contribution in [0.5, 0.6) is 0 Å². The van der Waals surface area contributed by atoms with Gasteiger partial charge in [0.05, 0.1) is 0 Å². The van der Waals surface area contributed by atoms with Crippen LogP contribution >= 0.6 is 22.9 Å². The van der Waals surface area contributed by atoms with Crippen molar-refractivity contribution < 1.29 is 13.2 Å². The monoisotopic (exact) mass is 465 g/mol. The van der Waals surface area contributed by atoms with Gasteiger partial charge in [0.1, 0.15) is 0 Å². The first-order chi connectivity index (χ1) is 14.3. The molecule has 0 atom stereocenters. The molecule has 0 radical (unpaired) electrons. The van der Waals surface area contributed by atoms with Crippen LogP contribution in [0.15, 0.2) is 58.9 Å². The third-order valence-corrected chi connectivity index (χ3v) is 7.04. The number of nitrogens with one attached hydrogen (secondary N) is 2. The summed E-state index contributed by atoms with van der Waals surface area (Å²) < 4.78 is 27.1. The molecule has 11 heteroatoms. The van der Waals surface area contributed by atoms with Gasteiger partial charge in [-0.25, -0.2) is 13.1 Å². The van der Waals surface area contributed by atoms with Crippen molar-refractivity contribution >= 4 is 49.7 Å². The van der Waals surface area contributed by atoms with Crippen molar-refractivity contribution in [2.24, 2.45) is 0 Å². The van der Waals surface area contributed by atoms with E-state index in [1.54, 1.807) is 24.3 Å². The van der Waals surface area contributed by atoms with Crippen LogP contribution in [0.1, 0.15) is 16.8 Å². The van der Waals surface area contributed by atoms with Gasteiger partial charge in [0, 0.05) is 36.4 Å². The Morgan fingerprint density at radius 2 is 1.80 bits per heavy atom. The van der Waals surface area contributed by atoms with Crippen molar-refractivity contribution in [2.45, 2.75) is 10.8 Å². The highest BCUT2D eigenvalue weighted by Gasteiger charge is 2.20. The van der Waals surface area contributed by atoms with Crippen LogP contribution in [0.25, 0.3) is 0 Å². The second kappa shape index (κ2) is 9.98. The lowest BCUT2D eigenvalue weighted by Gasteiger charge is -2.18. The molecule has 1 heterocycles. The summed E-state index contributed by atoms with van der Waals surface area (Å²) >= 11 is 6.59. The number of carbonyl (C=O) groups excluding carboxylic acids is 1. The maximum absolute atomic E-state index is 12.4. The minimum Gasteiger partial charge on any atom is -0.375 e. The number of benzene rings is 2. The molecule has 0 fully saturated rings. The van der Waals surface area contributed by atoms with E-state index in [0.717, 1.165) is 17.0 Å². The Morgan fingerprint density at radius 3 is 2.50 bits per heavy atom. The van der Waals surface area contributed by atoms with Gasteiger partial charge in [-0.1, -0.05) is 41.1 Å². The molecule has 0 aliphatic heterocycles. The molecule has 8 nitrogen and oxygen atoms in total. The van der Waals surface area contributed by atoms with Crippen molar-refractivity contribution in [1.82, 2.24) is 14.9 Å². The van der Waals surface area contributed by atoms with Gasteiger partial charge in [-0.2, -0.15) is 0 Å². The molecule has 0 aliphatic carbocycles. The molecule has 0 unspecified atom stereocenters. The summed E-state index contributed by atoms with van der Waals surface area (Å²) in [5, 5.41) is 10.6. The Balaban J connectivity index is 1.51. The third kappa shape index (κ3) is 5.99. The lowest BCUT2D eigenvalue weighted by Crippen LogP contribution is -2.28. The van der Waals surface area contributed by atoms with Crippen molar-refractivity contribution in [3.05, 3.63) is 65.2 Å². The number of carbonyl (C=O) groups is 1. The molecule has 0 spiro atoms. The normalized spacial score (nSPS) is 11.3. The summed E-state index contributed by atoms with van der Waals surface area (Å²) in [5.41, 5.74) is 1.44. The highest BCUT2D eigenvalue weighted by atomic mass is 35.5. The van der Waals surface area contributed by atoms with Crippen LogP contribution in [0.2, 0.25) is 5.02 Å². The Bertz CT molecular complexity index is 1090. The van der Waals surface area contributed by atoms with E-state index in [4.69, 9.17) is 11.6 Å². The Hall–Kier alpha value is -2.53. The van der Waals surface area contributed by atoms with Gasteiger partial charge < -0.3 is 4.90 Å². The van der Waals surface area contributed by atoms with Crippen molar-refractivity contribution in [3.63, 3.8) is 0 Å². The van der Waals surface area contributed by atoms with Crippen LogP contribution in [-0.4, -0.2) is 44.7 Å². The van der Waals surface area contributed by atoms with Gasteiger partial charge in [0.15, 0.2) is 0 Å². The molecular weight excluding hydrogens is 446 g/mol. The topological polar surface area (TPSA) is 104 Å². The molecule has 0 saturated heterocycles. The minimum atomic E-state index is -3.80.